The molecule has 3 amide bonds. The molecule has 0 spiro atoms. The Balaban J connectivity index is 1.58. The van der Waals surface area contributed by atoms with Gasteiger partial charge in [0, 0.05) is 19.1 Å². The third kappa shape index (κ3) is 5.28. The highest BCUT2D eigenvalue weighted by molar-refractivity contribution is 5.98. The molecule has 0 unspecified atom stereocenters. The van der Waals surface area contributed by atoms with Gasteiger partial charge in [-0.25, -0.2) is 8.78 Å². The summed E-state index contributed by atoms with van der Waals surface area (Å²) in [4.78, 5) is 39.2. The highest BCUT2D eigenvalue weighted by Crippen LogP contribution is 2.16. The van der Waals surface area contributed by atoms with Crippen LogP contribution in [0.3, 0.4) is 0 Å². The van der Waals surface area contributed by atoms with E-state index in [0.29, 0.717) is 25.9 Å². The lowest BCUT2D eigenvalue weighted by atomic mass is 10.00. The van der Waals surface area contributed by atoms with Crippen LogP contribution in [0, 0.1) is 17.6 Å². The number of amides is 3. The monoisotopic (exact) mass is 433 g/mol. The van der Waals surface area contributed by atoms with Gasteiger partial charge in [-0.15, -0.1) is 0 Å². The van der Waals surface area contributed by atoms with Gasteiger partial charge in [0.05, 0.1) is 6.26 Å². The summed E-state index contributed by atoms with van der Waals surface area (Å²) in [5, 5.41) is 5.32. The molecule has 1 aromatic heterocycles. The summed E-state index contributed by atoms with van der Waals surface area (Å²) in [5.74, 6) is -3.64. The maximum absolute atomic E-state index is 13.9. The van der Waals surface area contributed by atoms with Gasteiger partial charge in [0.15, 0.2) is 5.76 Å². The van der Waals surface area contributed by atoms with E-state index in [2.05, 4.69) is 10.6 Å². The van der Waals surface area contributed by atoms with E-state index in [9.17, 15) is 23.2 Å². The number of likely N-dealkylation sites (tertiary alicyclic amines) is 1. The molecule has 166 valence electrons. The van der Waals surface area contributed by atoms with Crippen LogP contribution in [-0.4, -0.2) is 47.8 Å². The molecule has 2 aromatic rings. The molecule has 0 bridgehead atoms. The Hall–Kier alpha value is -3.23. The average molecular weight is 433 g/mol. The highest BCUT2D eigenvalue weighted by Gasteiger charge is 2.31. The van der Waals surface area contributed by atoms with E-state index in [1.54, 1.807) is 30.9 Å². The van der Waals surface area contributed by atoms with Crippen LogP contribution in [0.25, 0.3) is 0 Å². The van der Waals surface area contributed by atoms with Crippen molar-refractivity contribution in [2.24, 2.45) is 5.92 Å². The Bertz CT molecular complexity index is 918. The predicted octanol–water partition coefficient (Wildman–Crippen LogP) is 2.73. The number of nitrogens with one attached hydrogen (secondary N) is 2. The van der Waals surface area contributed by atoms with Crippen LogP contribution in [0.5, 0.6) is 0 Å². The molecule has 0 saturated carbocycles. The molecule has 1 fully saturated rings. The number of hydrogen-bond donors (Lipinski definition) is 2. The summed E-state index contributed by atoms with van der Waals surface area (Å²) in [6.45, 7) is 4.35. The Labute approximate surface area is 178 Å². The van der Waals surface area contributed by atoms with E-state index >= 15 is 0 Å². The van der Waals surface area contributed by atoms with Crippen molar-refractivity contribution in [1.29, 1.82) is 0 Å². The molecule has 1 atom stereocenters. The zero-order valence-electron chi connectivity index (χ0n) is 17.4. The first-order valence-corrected chi connectivity index (χ1v) is 10.2. The minimum atomic E-state index is -0.992. The maximum Gasteiger partial charge on any atom is 0.289 e. The largest absolute Gasteiger partial charge is 0.459 e. The second kappa shape index (κ2) is 9.72. The third-order valence-corrected chi connectivity index (χ3v) is 5.29. The van der Waals surface area contributed by atoms with Gasteiger partial charge in [-0.1, -0.05) is 19.9 Å². The number of carbonyl (C=O) groups excluding carboxylic acids is 3. The van der Waals surface area contributed by atoms with E-state index in [0.717, 1.165) is 18.2 Å². The van der Waals surface area contributed by atoms with E-state index in [1.165, 1.54) is 6.26 Å². The normalized spacial score (nSPS) is 15.6. The quantitative estimate of drug-likeness (QED) is 0.733. The SMILES string of the molecule is CC(C)[C@H](NC(=O)c1c(F)cccc1F)C(=O)NC1CCN(C(=O)c2ccco2)CC1. The van der Waals surface area contributed by atoms with Crippen molar-refractivity contribution in [3.63, 3.8) is 0 Å². The summed E-state index contributed by atoms with van der Waals surface area (Å²) >= 11 is 0. The molecule has 1 saturated heterocycles. The second-order valence-corrected chi connectivity index (χ2v) is 7.84. The van der Waals surface area contributed by atoms with Gasteiger partial charge < -0.3 is 20.0 Å². The first-order chi connectivity index (χ1) is 14.8. The standard InChI is InChI=1S/C22H25F2N3O4/c1-13(2)19(26-20(28)18-15(23)5-3-6-16(18)24)21(29)25-14-8-10-27(11-9-14)22(30)17-7-4-12-31-17/h3-7,12-14,19H,8-11H2,1-2H3,(H,25,29)(H,26,28)/t19-/m0/s1. The topological polar surface area (TPSA) is 91.7 Å². The van der Waals surface area contributed by atoms with Crippen molar-refractivity contribution >= 4 is 17.7 Å². The summed E-state index contributed by atoms with van der Waals surface area (Å²) in [5.41, 5.74) is -0.717. The van der Waals surface area contributed by atoms with E-state index in [-0.39, 0.29) is 23.6 Å². The third-order valence-electron chi connectivity index (χ3n) is 5.29. The van der Waals surface area contributed by atoms with Gasteiger partial charge in [-0.3, -0.25) is 14.4 Å². The minimum absolute atomic E-state index is 0.184. The minimum Gasteiger partial charge on any atom is -0.459 e. The first kappa shape index (κ1) is 22.5. The van der Waals surface area contributed by atoms with Gasteiger partial charge in [-0.2, -0.15) is 0 Å². The number of furan rings is 1. The van der Waals surface area contributed by atoms with Crippen LogP contribution in [0.4, 0.5) is 8.78 Å². The maximum atomic E-state index is 13.9. The zero-order valence-corrected chi connectivity index (χ0v) is 17.4. The molecule has 9 heteroatoms. The van der Waals surface area contributed by atoms with Crippen molar-refractivity contribution in [2.45, 2.75) is 38.8 Å². The second-order valence-electron chi connectivity index (χ2n) is 7.84. The Morgan fingerprint density at radius 3 is 2.26 bits per heavy atom. The van der Waals surface area contributed by atoms with Gasteiger partial charge in [0.2, 0.25) is 5.91 Å². The fourth-order valence-corrected chi connectivity index (χ4v) is 3.54. The van der Waals surface area contributed by atoms with Crippen LogP contribution in [0.15, 0.2) is 41.0 Å². The Morgan fingerprint density at radius 1 is 1.06 bits per heavy atom. The number of carbonyl (C=O) groups is 3. The van der Waals surface area contributed by atoms with Gasteiger partial charge in [0.25, 0.3) is 11.8 Å². The molecule has 31 heavy (non-hydrogen) atoms. The zero-order chi connectivity index (χ0) is 22.5. The van der Waals surface area contributed by atoms with Crippen molar-refractivity contribution in [1.82, 2.24) is 15.5 Å². The van der Waals surface area contributed by atoms with E-state index < -0.39 is 35.1 Å². The molecule has 0 radical (unpaired) electrons. The van der Waals surface area contributed by atoms with Crippen LogP contribution in [-0.2, 0) is 4.79 Å². The van der Waals surface area contributed by atoms with E-state index in [1.807, 2.05) is 0 Å². The number of nitrogens with zero attached hydrogens (tertiary/aromatic N) is 1. The summed E-state index contributed by atoms with van der Waals surface area (Å²) in [6.07, 6.45) is 2.52. The van der Waals surface area contributed by atoms with Crippen molar-refractivity contribution in [2.75, 3.05) is 13.1 Å². The molecular weight excluding hydrogens is 408 g/mol. The Morgan fingerprint density at radius 2 is 1.71 bits per heavy atom. The van der Waals surface area contributed by atoms with Crippen molar-refractivity contribution < 1.29 is 27.6 Å². The lowest BCUT2D eigenvalue weighted by Gasteiger charge is -2.33. The highest BCUT2D eigenvalue weighted by atomic mass is 19.1. The smallest absolute Gasteiger partial charge is 0.289 e. The summed E-state index contributed by atoms with van der Waals surface area (Å²) in [6, 6.07) is 5.24. The van der Waals surface area contributed by atoms with Crippen LogP contribution < -0.4 is 10.6 Å². The lowest BCUT2D eigenvalue weighted by Crippen LogP contribution is -2.54. The van der Waals surface area contributed by atoms with Crippen molar-refractivity contribution in [3.05, 3.63) is 59.6 Å². The Kier molecular flexibility index (Phi) is 7.04. The molecule has 1 aliphatic rings. The molecule has 0 aliphatic carbocycles. The summed E-state index contributed by atoms with van der Waals surface area (Å²) in [7, 11) is 0. The molecule has 3 rings (SSSR count). The van der Waals surface area contributed by atoms with Crippen molar-refractivity contribution in [3.8, 4) is 0 Å². The fraction of sp³-hybridized carbons (Fsp3) is 0.409. The number of rotatable bonds is 6. The summed E-state index contributed by atoms with van der Waals surface area (Å²) < 4.78 is 32.9. The molecule has 7 nitrogen and oxygen atoms in total. The van der Waals surface area contributed by atoms with Gasteiger partial charge in [0.1, 0.15) is 23.2 Å². The number of piperidine rings is 1. The first-order valence-electron chi connectivity index (χ1n) is 10.2. The molecular formula is C22H25F2N3O4. The van der Waals surface area contributed by atoms with Gasteiger partial charge in [-0.05, 0) is 43.0 Å². The van der Waals surface area contributed by atoms with Crippen LogP contribution in [0.1, 0.15) is 47.6 Å². The molecule has 2 N–H and O–H groups in total. The number of benzene rings is 1. The number of hydrogen-bond acceptors (Lipinski definition) is 4. The lowest BCUT2D eigenvalue weighted by molar-refractivity contribution is -0.124. The van der Waals surface area contributed by atoms with E-state index in [4.69, 9.17) is 4.42 Å². The van der Waals surface area contributed by atoms with Crippen LogP contribution >= 0.6 is 0 Å². The van der Waals surface area contributed by atoms with Gasteiger partial charge >= 0.3 is 0 Å². The number of halogens is 2. The fourth-order valence-electron chi connectivity index (χ4n) is 3.54. The van der Waals surface area contributed by atoms with Crippen LogP contribution in [0.2, 0.25) is 0 Å². The average Bonchev–Trinajstić information content (AvgIpc) is 3.26. The molecule has 2 heterocycles. The molecule has 1 aromatic carbocycles. The molecule has 1 aliphatic heterocycles. The predicted molar refractivity (Wildman–Crippen MR) is 108 cm³/mol.